The minimum Gasteiger partial charge on any atom is -0.497 e. The lowest BCUT2D eigenvalue weighted by atomic mass is 10.1. The lowest BCUT2D eigenvalue weighted by molar-refractivity contribution is 0.0860. The average Bonchev–Trinajstić information content (AvgIpc) is 3.06. The molecule has 0 radical (unpaired) electrons. The van der Waals surface area contributed by atoms with Crippen molar-refractivity contribution in [2.24, 2.45) is 0 Å². The monoisotopic (exact) mass is 306 g/mol. The maximum atomic E-state index is 11.8. The van der Waals surface area contributed by atoms with E-state index >= 15 is 0 Å². The van der Waals surface area contributed by atoms with Crippen molar-refractivity contribution in [1.29, 1.82) is 0 Å². The molecule has 2 atom stereocenters. The Balaban J connectivity index is 1.60. The molecule has 0 aromatic heterocycles. The standard InChI is InChI=1S/C17H26N2O3/c1-13(16-6-4-12-22-16)19-17(20)18-11-3-5-14-7-9-15(21-2)10-8-14/h7-10,13,16H,3-6,11-12H2,1-2H3,(H2,18,19,20)/t13-,16-/m0/s1. The van der Waals surface area contributed by atoms with Crippen LogP contribution in [0.2, 0.25) is 0 Å². The van der Waals surface area contributed by atoms with Gasteiger partial charge in [0.2, 0.25) is 0 Å². The summed E-state index contributed by atoms with van der Waals surface area (Å²) < 4.78 is 10.7. The van der Waals surface area contributed by atoms with E-state index in [1.54, 1.807) is 7.11 Å². The third kappa shape index (κ3) is 5.22. The minimum absolute atomic E-state index is 0.0593. The molecule has 0 aliphatic carbocycles. The number of hydrogen-bond donors (Lipinski definition) is 2. The maximum absolute atomic E-state index is 11.8. The first-order valence-electron chi connectivity index (χ1n) is 7.98. The second-order valence-corrected chi connectivity index (χ2v) is 5.69. The van der Waals surface area contributed by atoms with Gasteiger partial charge < -0.3 is 20.1 Å². The Morgan fingerprint density at radius 2 is 2.18 bits per heavy atom. The summed E-state index contributed by atoms with van der Waals surface area (Å²) in [5.41, 5.74) is 1.25. The van der Waals surface area contributed by atoms with Crippen molar-refractivity contribution < 1.29 is 14.3 Å². The summed E-state index contributed by atoms with van der Waals surface area (Å²) in [7, 11) is 1.66. The van der Waals surface area contributed by atoms with Crippen molar-refractivity contribution in [1.82, 2.24) is 10.6 Å². The number of benzene rings is 1. The number of carbonyl (C=O) groups is 1. The van der Waals surface area contributed by atoms with Crippen LogP contribution < -0.4 is 15.4 Å². The molecule has 1 heterocycles. The Bertz CT molecular complexity index is 455. The fraction of sp³-hybridized carbons (Fsp3) is 0.588. The first kappa shape index (κ1) is 16.6. The number of methoxy groups -OCH3 is 1. The zero-order valence-corrected chi connectivity index (χ0v) is 13.4. The van der Waals surface area contributed by atoms with Crippen molar-refractivity contribution in [3.63, 3.8) is 0 Å². The van der Waals surface area contributed by atoms with Crippen LogP contribution in [0, 0.1) is 0 Å². The quantitative estimate of drug-likeness (QED) is 0.761. The fourth-order valence-corrected chi connectivity index (χ4v) is 2.63. The number of nitrogens with one attached hydrogen (secondary N) is 2. The lowest BCUT2D eigenvalue weighted by Gasteiger charge is -2.20. The summed E-state index contributed by atoms with van der Waals surface area (Å²) >= 11 is 0. The Morgan fingerprint density at radius 1 is 1.41 bits per heavy atom. The fourth-order valence-electron chi connectivity index (χ4n) is 2.63. The van der Waals surface area contributed by atoms with Crippen LogP contribution in [0.3, 0.4) is 0 Å². The minimum atomic E-state index is -0.113. The molecular weight excluding hydrogens is 280 g/mol. The topological polar surface area (TPSA) is 59.6 Å². The summed E-state index contributed by atoms with van der Waals surface area (Å²) in [6.45, 7) is 3.46. The molecule has 0 saturated carbocycles. The summed E-state index contributed by atoms with van der Waals surface area (Å²) in [5, 5.41) is 5.84. The Hall–Kier alpha value is -1.75. The Kier molecular flexibility index (Phi) is 6.52. The van der Waals surface area contributed by atoms with E-state index in [2.05, 4.69) is 22.8 Å². The second-order valence-electron chi connectivity index (χ2n) is 5.69. The number of carbonyl (C=O) groups excluding carboxylic acids is 1. The van der Waals surface area contributed by atoms with E-state index in [0.717, 1.165) is 38.0 Å². The predicted molar refractivity (Wildman–Crippen MR) is 86.3 cm³/mol. The lowest BCUT2D eigenvalue weighted by Crippen LogP contribution is -2.46. The highest BCUT2D eigenvalue weighted by Crippen LogP contribution is 2.15. The van der Waals surface area contributed by atoms with Crippen LogP contribution in [-0.4, -0.2) is 38.4 Å². The van der Waals surface area contributed by atoms with E-state index in [0.29, 0.717) is 6.54 Å². The predicted octanol–water partition coefficient (Wildman–Crippen LogP) is 2.49. The molecule has 1 aromatic carbocycles. The highest BCUT2D eigenvalue weighted by molar-refractivity contribution is 5.74. The van der Waals surface area contributed by atoms with Crippen LogP contribution >= 0.6 is 0 Å². The van der Waals surface area contributed by atoms with Crippen LogP contribution in [-0.2, 0) is 11.2 Å². The van der Waals surface area contributed by atoms with E-state index in [9.17, 15) is 4.79 Å². The number of rotatable bonds is 7. The van der Waals surface area contributed by atoms with Crippen molar-refractivity contribution in [2.75, 3.05) is 20.3 Å². The van der Waals surface area contributed by atoms with Crippen LogP contribution in [0.4, 0.5) is 4.79 Å². The third-order valence-corrected chi connectivity index (χ3v) is 3.97. The summed E-state index contributed by atoms with van der Waals surface area (Å²) in [4.78, 5) is 11.8. The van der Waals surface area contributed by atoms with Gasteiger partial charge in [-0.1, -0.05) is 12.1 Å². The van der Waals surface area contributed by atoms with E-state index in [1.165, 1.54) is 5.56 Å². The van der Waals surface area contributed by atoms with Gasteiger partial charge in [-0.25, -0.2) is 4.79 Å². The molecule has 0 unspecified atom stereocenters. The van der Waals surface area contributed by atoms with E-state index in [-0.39, 0.29) is 18.2 Å². The average molecular weight is 306 g/mol. The Labute approximate surface area is 132 Å². The number of amides is 2. The van der Waals surface area contributed by atoms with Gasteiger partial charge in [0.05, 0.1) is 19.3 Å². The first-order chi connectivity index (χ1) is 10.7. The second kappa shape index (κ2) is 8.63. The highest BCUT2D eigenvalue weighted by Gasteiger charge is 2.23. The summed E-state index contributed by atoms with van der Waals surface area (Å²) in [6, 6.07) is 7.97. The van der Waals surface area contributed by atoms with Crippen LogP contribution in [0.25, 0.3) is 0 Å². The van der Waals surface area contributed by atoms with E-state index < -0.39 is 0 Å². The smallest absolute Gasteiger partial charge is 0.315 e. The highest BCUT2D eigenvalue weighted by atomic mass is 16.5. The van der Waals surface area contributed by atoms with E-state index in [1.807, 2.05) is 19.1 Å². The molecule has 1 saturated heterocycles. The van der Waals surface area contributed by atoms with Crippen LogP contribution in [0.5, 0.6) is 5.75 Å². The maximum Gasteiger partial charge on any atom is 0.315 e. The SMILES string of the molecule is COc1ccc(CCCNC(=O)N[C@@H](C)[C@@H]2CCCO2)cc1. The number of ether oxygens (including phenoxy) is 2. The number of aryl methyl sites for hydroxylation is 1. The molecule has 5 nitrogen and oxygen atoms in total. The van der Waals surface area contributed by atoms with Gasteiger partial charge in [0.15, 0.2) is 0 Å². The van der Waals surface area contributed by atoms with Crippen molar-refractivity contribution >= 4 is 6.03 Å². The van der Waals surface area contributed by atoms with E-state index in [4.69, 9.17) is 9.47 Å². The molecule has 2 rings (SSSR count). The van der Waals surface area contributed by atoms with Gasteiger partial charge in [0.25, 0.3) is 0 Å². The number of hydrogen-bond acceptors (Lipinski definition) is 3. The van der Waals surface area contributed by atoms with Gasteiger partial charge in [0.1, 0.15) is 5.75 Å². The largest absolute Gasteiger partial charge is 0.497 e. The van der Waals surface area contributed by atoms with Gasteiger partial charge >= 0.3 is 6.03 Å². The van der Waals surface area contributed by atoms with Gasteiger partial charge in [-0.2, -0.15) is 0 Å². The molecule has 1 aromatic rings. The zero-order valence-electron chi connectivity index (χ0n) is 13.4. The Morgan fingerprint density at radius 3 is 2.82 bits per heavy atom. The van der Waals surface area contributed by atoms with Crippen molar-refractivity contribution in [3.8, 4) is 5.75 Å². The number of urea groups is 1. The van der Waals surface area contributed by atoms with Gasteiger partial charge in [0, 0.05) is 13.2 Å². The molecule has 1 aliphatic rings. The van der Waals surface area contributed by atoms with Gasteiger partial charge in [-0.15, -0.1) is 0 Å². The molecule has 122 valence electrons. The normalized spacial score (nSPS) is 18.7. The van der Waals surface area contributed by atoms with Gasteiger partial charge in [-0.05, 0) is 50.3 Å². The molecular formula is C17H26N2O3. The molecule has 2 amide bonds. The summed E-state index contributed by atoms with van der Waals surface area (Å²) in [5.74, 6) is 0.865. The molecule has 1 fully saturated rings. The molecule has 5 heteroatoms. The third-order valence-electron chi connectivity index (χ3n) is 3.97. The van der Waals surface area contributed by atoms with Crippen molar-refractivity contribution in [3.05, 3.63) is 29.8 Å². The van der Waals surface area contributed by atoms with Crippen molar-refractivity contribution in [2.45, 2.75) is 44.8 Å². The van der Waals surface area contributed by atoms with Crippen LogP contribution in [0.1, 0.15) is 31.7 Å². The summed E-state index contributed by atoms with van der Waals surface area (Å²) in [6.07, 6.45) is 4.11. The molecule has 22 heavy (non-hydrogen) atoms. The molecule has 0 bridgehead atoms. The molecule has 0 spiro atoms. The zero-order chi connectivity index (χ0) is 15.8. The molecule has 2 N–H and O–H groups in total. The van der Waals surface area contributed by atoms with Gasteiger partial charge in [-0.3, -0.25) is 0 Å². The molecule has 1 aliphatic heterocycles. The first-order valence-corrected chi connectivity index (χ1v) is 7.98. The van der Waals surface area contributed by atoms with Crippen LogP contribution in [0.15, 0.2) is 24.3 Å².